The molecular weight excluding hydrogens is 386 g/mol. The van der Waals surface area contributed by atoms with Crippen molar-refractivity contribution >= 4 is 32.5 Å². The maximum absolute atomic E-state index is 12.7. The van der Waals surface area contributed by atoms with E-state index in [1.165, 1.54) is 0 Å². The van der Waals surface area contributed by atoms with Gasteiger partial charge in [0, 0.05) is 5.69 Å². The number of hydrogen-bond acceptors (Lipinski definition) is 4. The number of nitrogens with one attached hydrogen (secondary N) is 1. The predicted molar refractivity (Wildman–Crippen MR) is 113 cm³/mol. The first-order valence-electron chi connectivity index (χ1n) is 8.90. The van der Waals surface area contributed by atoms with Gasteiger partial charge in [-0.2, -0.15) is 0 Å². The van der Waals surface area contributed by atoms with E-state index in [0.717, 1.165) is 10.8 Å². The number of carbonyl (C=O) groups excluding carboxylic acids is 1. The summed E-state index contributed by atoms with van der Waals surface area (Å²) in [6.07, 6.45) is 0. The standard InChI is InChI=1S/C23H17NO4S/c25-23(18-7-2-1-3-8-18)28-21-13-11-20(12-14-21)24-29(26,27)22-15-10-17-6-4-5-9-19(17)16-22/h1-16,24H. The Hall–Kier alpha value is -3.64. The summed E-state index contributed by atoms with van der Waals surface area (Å²) >= 11 is 0. The van der Waals surface area contributed by atoms with Crippen molar-refractivity contribution in [2.45, 2.75) is 4.90 Å². The number of ether oxygens (including phenoxy) is 1. The Balaban J connectivity index is 1.49. The topological polar surface area (TPSA) is 72.5 Å². The van der Waals surface area contributed by atoms with Gasteiger partial charge < -0.3 is 4.74 Å². The fourth-order valence-corrected chi connectivity index (χ4v) is 3.97. The summed E-state index contributed by atoms with van der Waals surface area (Å²) < 4.78 is 33.2. The smallest absolute Gasteiger partial charge is 0.343 e. The van der Waals surface area contributed by atoms with Crippen molar-refractivity contribution in [2.75, 3.05) is 4.72 Å². The summed E-state index contributed by atoms with van der Waals surface area (Å²) in [6, 6.07) is 27.3. The molecular formula is C23H17NO4S. The van der Waals surface area contributed by atoms with Crippen LogP contribution in [0.15, 0.2) is 102 Å². The minimum Gasteiger partial charge on any atom is -0.423 e. The molecule has 29 heavy (non-hydrogen) atoms. The summed E-state index contributed by atoms with van der Waals surface area (Å²) in [5.74, 6) is -0.150. The molecule has 0 fully saturated rings. The molecule has 0 unspecified atom stereocenters. The summed E-state index contributed by atoms with van der Waals surface area (Å²) in [5.41, 5.74) is 0.811. The normalized spacial score (nSPS) is 11.2. The van der Waals surface area contributed by atoms with Crippen LogP contribution in [0.2, 0.25) is 0 Å². The zero-order valence-electron chi connectivity index (χ0n) is 15.3. The Labute approximate surface area is 168 Å². The summed E-state index contributed by atoms with van der Waals surface area (Å²) in [6.45, 7) is 0. The van der Waals surface area contributed by atoms with E-state index in [-0.39, 0.29) is 4.90 Å². The second kappa shape index (κ2) is 7.77. The largest absolute Gasteiger partial charge is 0.423 e. The molecule has 0 amide bonds. The third-order valence-corrected chi connectivity index (χ3v) is 5.74. The first kappa shape index (κ1) is 18.7. The molecule has 0 atom stereocenters. The van der Waals surface area contributed by atoms with Crippen LogP contribution in [0.25, 0.3) is 10.8 Å². The van der Waals surface area contributed by atoms with E-state index in [1.807, 2.05) is 30.3 Å². The molecule has 0 aliphatic rings. The molecule has 0 heterocycles. The number of carbonyl (C=O) groups is 1. The zero-order chi connectivity index (χ0) is 20.3. The number of hydrogen-bond donors (Lipinski definition) is 1. The molecule has 0 bridgehead atoms. The maximum Gasteiger partial charge on any atom is 0.343 e. The van der Waals surface area contributed by atoms with Gasteiger partial charge in [0.15, 0.2) is 0 Å². The summed E-state index contributed by atoms with van der Waals surface area (Å²) in [7, 11) is -3.74. The lowest BCUT2D eigenvalue weighted by molar-refractivity contribution is 0.0734. The second-order valence-corrected chi connectivity index (χ2v) is 8.08. The lowest BCUT2D eigenvalue weighted by Gasteiger charge is -2.10. The molecule has 0 aliphatic carbocycles. The molecule has 4 aromatic rings. The molecule has 0 saturated heterocycles. The van der Waals surface area contributed by atoms with Gasteiger partial charge in [0.2, 0.25) is 0 Å². The van der Waals surface area contributed by atoms with Crippen LogP contribution in [0.1, 0.15) is 10.4 Å². The third kappa shape index (κ3) is 4.28. The van der Waals surface area contributed by atoms with Crippen molar-refractivity contribution in [1.82, 2.24) is 0 Å². The molecule has 4 aromatic carbocycles. The maximum atomic E-state index is 12.7. The van der Waals surface area contributed by atoms with E-state index in [2.05, 4.69) is 4.72 Å². The SMILES string of the molecule is O=C(Oc1ccc(NS(=O)(=O)c2ccc3ccccc3c2)cc1)c1ccccc1. The van der Waals surface area contributed by atoms with Crippen molar-refractivity contribution in [3.63, 3.8) is 0 Å². The molecule has 0 aromatic heterocycles. The number of rotatable bonds is 5. The fourth-order valence-electron chi connectivity index (χ4n) is 2.88. The Kier molecular flexibility index (Phi) is 5.01. The van der Waals surface area contributed by atoms with E-state index in [4.69, 9.17) is 4.74 Å². The summed E-state index contributed by atoms with van der Waals surface area (Å²) in [4.78, 5) is 12.3. The van der Waals surface area contributed by atoms with Crippen molar-refractivity contribution < 1.29 is 17.9 Å². The van der Waals surface area contributed by atoms with Gasteiger partial charge in [0.1, 0.15) is 5.75 Å². The molecule has 0 saturated carbocycles. The number of fused-ring (bicyclic) bond motifs is 1. The summed E-state index contributed by atoms with van der Waals surface area (Å²) in [5, 5.41) is 1.81. The highest BCUT2D eigenvalue weighted by Gasteiger charge is 2.15. The number of benzene rings is 4. The van der Waals surface area contributed by atoms with Crippen LogP contribution in [-0.4, -0.2) is 14.4 Å². The average molecular weight is 403 g/mol. The van der Waals surface area contributed by atoms with Crippen LogP contribution in [0.3, 0.4) is 0 Å². The van der Waals surface area contributed by atoms with Gasteiger partial charge in [0.25, 0.3) is 10.0 Å². The van der Waals surface area contributed by atoms with E-state index in [1.54, 1.807) is 66.7 Å². The Morgan fingerprint density at radius 3 is 2.10 bits per heavy atom. The molecule has 0 aliphatic heterocycles. The van der Waals surface area contributed by atoms with Crippen molar-refractivity contribution in [3.05, 3.63) is 103 Å². The Morgan fingerprint density at radius 1 is 0.724 bits per heavy atom. The monoisotopic (exact) mass is 403 g/mol. The number of anilines is 1. The van der Waals surface area contributed by atoms with E-state index < -0.39 is 16.0 Å². The highest BCUT2D eigenvalue weighted by atomic mass is 32.2. The van der Waals surface area contributed by atoms with E-state index in [9.17, 15) is 13.2 Å². The zero-order valence-corrected chi connectivity index (χ0v) is 16.1. The number of esters is 1. The van der Waals surface area contributed by atoms with Crippen LogP contribution >= 0.6 is 0 Å². The lowest BCUT2D eigenvalue weighted by Crippen LogP contribution is -2.13. The highest BCUT2D eigenvalue weighted by molar-refractivity contribution is 7.92. The van der Waals surface area contributed by atoms with Crippen LogP contribution in [-0.2, 0) is 10.0 Å². The number of sulfonamides is 1. The molecule has 144 valence electrons. The predicted octanol–water partition coefficient (Wildman–Crippen LogP) is 4.86. The van der Waals surface area contributed by atoms with Crippen molar-refractivity contribution in [2.24, 2.45) is 0 Å². The molecule has 1 N–H and O–H groups in total. The van der Waals surface area contributed by atoms with Gasteiger partial charge in [-0.05, 0) is 59.3 Å². The van der Waals surface area contributed by atoms with Gasteiger partial charge in [-0.3, -0.25) is 4.72 Å². The van der Waals surface area contributed by atoms with E-state index >= 15 is 0 Å². The van der Waals surface area contributed by atoms with Gasteiger partial charge in [-0.15, -0.1) is 0 Å². The van der Waals surface area contributed by atoms with Crippen LogP contribution < -0.4 is 9.46 Å². The second-order valence-electron chi connectivity index (χ2n) is 6.39. The van der Waals surface area contributed by atoms with Crippen LogP contribution in [0, 0.1) is 0 Å². The van der Waals surface area contributed by atoms with Gasteiger partial charge >= 0.3 is 5.97 Å². The first-order valence-corrected chi connectivity index (χ1v) is 10.4. The van der Waals surface area contributed by atoms with Gasteiger partial charge in [-0.1, -0.05) is 48.5 Å². The van der Waals surface area contributed by atoms with Crippen molar-refractivity contribution in [3.8, 4) is 5.75 Å². The average Bonchev–Trinajstić information content (AvgIpc) is 2.75. The molecule has 5 nitrogen and oxygen atoms in total. The molecule has 4 rings (SSSR count). The van der Waals surface area contributed by atoms with E-state index in [0.29, 0.717) is 17.0 Å². The van der Waals surface area contributed by atoms with Crippen LogP contribution in [0.5, 0.6) is 5.75 Å². The fraction of sp³-hybridized carbons (Fsp3) is 0. The Morgan fingerprint density at radius 2 is 1.38 bits per heavy atom. The van der Waals surface area contributed by atoms with Crippen molar-refractivity contribution in [1.29, 1.82) is 0 Å². The van der Waals surface area contributed by atoms with Crippen LogP contribution in [0.4, 0.5) is 5.69 Å². The highest BCUT2D eigenvalue weighted by Crippen LogP contribution is 2.23. The van der Waals surface area contributed by atoms with Gasteiger partial charge in [0.05, 0.1) is 10.5 Å². The first-order chi connectivity index (χ1) is 14.0. The van der Waals surface area contributed by atoms with Gasteiger partial charge in [-0.25, -0.2) is 13.2 Å². The molecule has 6 heteroatoms. The minimum atomic E-state index is -3.74. The lowest BCUT2D eigenvalue weighted by atomic mass is 10.1. The minimum absolute atomic E-state index is 0.177. The quantitative estimate of drug-likeness (QED) is 0.382. The molecule has 0 radical (unpaired) electrons. The molecule has 0 spiro atoms. The third-order valence-electron chi connectivity index (χ3n) is 4.36. The Bertz CT molecular complexity index is 1270.